The second kappa shape index (κ2) is 11.9. The van der Waals surface area contributed by atoms with Crippen molar-refractivity contribution in [3.63, 3.8) is 0 Å². The van der Waals surface area contributed by atoms with Crippen LogP contribution in [0.3, 0.4) is 0 Å². The molecule has 1 saturated carbocycles. The van der Waals surface area contributed by atoms with Crippen molar-refractivity contribution in [2.45, 2.75) is 91.3 Å². The summed E-state index contributed by atoms with van der Waals surface area (Å²) < 4.78 is 8.20. The summed E-state index contributed by atoms with van der Waals surface area (Å²) in [7, 11) is 0. The Bertz CT molecular complexity index is 1640. The average Bonchev–Trinajstić information content (AvgIpc) is 3.18. The van der Waals surface area contributed by atoms with E-state index in [1.165, 1.54) is 36.1 Å². The molecule has 1 aliphatic carbocycles. The van der Waals surface area contributed by atoms with Gasteiger partial charge < -0.3 is 19.7 Å². The summed E-state index contributed by atoms with van der Waals surface area (Å²) in [5.41, 5.74) is 6.33. The Hall–Kier alpha value is -4.06. The highest BCUT2D eigenvalue weighted by Crippen LogP contribution is 2.34. The number of carbonyl (C=O) groups is 2. The van der Waals surface area contributed by atoms with Gasteiger partial charge in [-0.25, -0.2) is 4.79 Å². The van der Waals surface area contributed by atoms with E-state index < -0.39 is 11.6 Å². The summed E-state index contributed by atoms with van der Waals surface area (Å²) in [5, 5.41) is 13.7. The lowest BCUT2D eigenvalue weighted by Crippen LogP contribution is -2.37. The molecule has 0 aliphatic heterocycles. The highest BCUT2D eigenvalue weighted by Gasteiger charge is 2.29. The maximum atomic E-state index is 13.3. The largest absolute Gasteiger partial charge is 0.478 e. The second-order valence-electron chi connectivity index (χ2n) is 13.6. The molecule has 0 spiro atoms. The Balaban J connectivity index is 1.40. The van der Waals surface area contributed by atoms with Gasteiger partial charge in [-0.2, -0.15) is 0 Å². The third-order valence-corrected chi connectivity index (χ3v) is 8.82. The van der Waals surface area contributed by atoms with Gasteiger partial charge >= 0.3 is 5.97 Å². The molecule has 0 saturated heterocycles. The molecule has 0 atom stereocenters. The van der Waals surface area contributed by atoms with Gasteiger partial charge in [0, 0.05) is 35.2 Å². The fourth-order valence-corrected chi connectivity index (χ4v) is 5.75. The summed E-state index contributed by atoms with van der Waals surface area (Å²) in [4.78, 5) is 24.9. The van der Waals surface area contributed by atoms with Gasteiger partial charge in [-0.3, -0.25) is 4.79 Å². The van der Waals surface area contributed by atoms with E-state index in [0.717, 1.165) is 28.6 Å². The summed E-state index contributed by atoms with van der Waals surface area (Å²) in [6.07, 6.45) is 4.43. The first-order valence-electron chi connectivity index (χ1n) is 15.3. The number of benzene rings is 3. The number of carboxylic acids is 1. The monoisotopic (exact) mass is 580 g/mol. The van der Waals surface area contributed by atoms with Gasteiger partial charge in [-0.15, -0.1) is 0 Å². The number of hydrogen-bond acceptors (Lipinski definition) is 3. The van der Waals surface area contributed by atoms with E-state index in [2.05, 4.69) is 67.9 Å². The van der Waals surface area contributed by atoms with E-state index in [0.29, 0.717) is 30.2 Å². The zero-order valence-electron chi connectivity index (χ0n) is 26.3. The minimum atomic E-state index is -1.32. The Morgan fingerprint density at radius 3 is 2.30 bits per heavy atom. The van der Waals surface area contributed by atoms with Crippen LogP contribution < -0.4 is 10.1 Å². The van der Waals surface area contributed by atoms with Gasteiger partial charge in [0.05, 0.1) is 0 Å². The lowest BCUT2D eigenvalue weighted by atomic mass is 9.85. The van der Waals surface area contributed by atoms with Crippen LogP contribution in [-0.4, -0.2) is 27.2 Å². The van der Waals surface area contributed by atoms with E-state index in [-0.39, 0.29) is 11.3 Å². The molecule has 1 fully saturated rings. The number of aromatic nitrogens is 1. The minimum Gasteiger partial charge on any atom is -0.478 e. The molecule has 1 amide bonds. The molecule has 1 aromatic heterocycles. The summed E-state index contributed by atoms with van der Waals surface area (Å²) in [6, 6.07) is 22.2. The van der Waals surface area contributed by atoms with E-state index in [1.54, 1.807) is 19.9 Å². The van der Waals surface area contributed by atoms with E-state index in [9.17, 15) is 14.7 Å². The van der Waals surface area contributed by atoms with Gasteiger partial charge in [0.15, 0.2) is 5.60 Å². The molecule has 1 aliphatic rings. The summed E-state index contributed by atoms with van der Waals surface area (Å²) >= 11 is 0. The minimum absolute atomic E-state index is 0.0803. The first-order valence-corrected chi connectivity index (χ1v) is 15.3. The standard InChI is InChI=1S/C37H44N2O4/c1-24-32(20-27-11-8-12-30(19-27)43-37(5,6)35(41)42)31-18-15-28(21-33(31)39(24)23-26-9-7-10-26)34(40)38-22-25-13-16-29(17-14-25)36(2,3)4/h8,11-19,21,26H,7,9-10,20,22-23H2,1-6H3,(H,38,40)(H,41,42). The topological polar surface area (TPSA) is 80.6 Å². The highest BCUT2D eigenvalue weighted by atomic mass is 16.5. The molecule has 2 N–H and O–H groups in total. The molecule has 0 radical (unpaired) electrons. The molecule has 6 nitrogen and oxygen atoms in total. The van der Waals surface area contributed by atoms with Crippen molar-refractivity contribution in [3.8, 4) is 5.75 Å². The SMILES string of the molecule is Cc1c(Cc2cccc(OC(C)(C)C(=O)O)c2)c2ccc(C(=O)NCc3ccc(C(C)(C)C)cc3)cc2n1CC1CCC1. The first kappa shape index (κ1) is 30.4. The van der Waals surface area contributed by atoms with E-state index in [4.69, 9.17) is 4.74 Å². The number of rotatable bonds is 10. The molecule has 0 unspecified atom stereocenters. The van der Waals surface area contributed by atoms with E-state index >= 15 is 0 Å². The van der Waals surface area contributed by atoms with Gasteiger partial charge in [0.1, 0.15) is 5.75 Å². The number of nitrogens with one attached hydrogen (secondary N) is 1. The number of fused-ring (bicyclic) bond motifs is 1. The molecule has 5 rings (SSSR count). The predicted octanol–water partition coefficient (Wildman–Crippen LogP) is 7.81. The van der Waals surface area contributed by atoms with Crippen LogP contribution in [0.5, 0.6) is 5.75 Å². The first-order chi connectivity index (χ1) is 20.3. The number of carboxylic acid groups (broad SMARTS) is 1. The fraction of sp³-hybridized carbons (Fsp3) is 0.405. The van der Waals surface area contributed by atoms with Crippen LogP contribution >= 0.6 is 0 Å². The van der Waals surface area contributed by atoms with Crippen LogP contribution in [0.1, 0.15) is 92.2 Å². The fourth-order valence-electron chi connectivity index (χ4n) is 5.75. The normalized spacial score (nSPS) is 14.0. The molecule has 43 heavy (non-hydrogen) atoms. The molecule has 0 bridgehead atoms. The van der Waals surface area contributed by atoms with Crippen LogP contribution in [0.25, 0.3) is 10.9 Å². The Labute approximate surface area is 255 Å². The van der Waals surface area contributed by atoms with Crippen molar-refractivity contribution in [3.05, 3.63) is 100 Å². The maximum absolute atomic E-state index is 13.3. The zero-order valence-corrected chi connectivity index (χ0v) is 26.3. The van der Waals surface area contributed by atoms with Crippen LogP contribution in [0.4, 0.5) is 0 Å². The van der Waals surface area contributed by atoms with Crippen LogP contribution in [-0.2, 0) is 29.7 Å². The number of amides is 1. The summed E-state index contributed by atoms with van der Waals surface area (Å²) in [6.45, 7) is 13.3. The number of aliphatic carboxylic acids is 1. The molecule has 226 valence electrons. The Morgan fingerprint density at radius 2 is 1.67 bits per heavy atom. The Kier molecular flexibility index (Phi) is 8.42. The van der Waals surface area contributed by atoms with Crippen molar-refractivity contribution in [2.75, 3.05) is 0 Å². The maximum Gasteiger partial charge on any atom is 0.347 e. The molecule has 6 heteroatoms. The highest BCUT2D eigenvalue weighted by molar-refractivity contribution is 5.99. The molecule has 4 aromatic rings. The van der Waals surface area contributed by atoms with Crippen molar-refractivity contribution in [2.24, 2.45) is 5.92 Å². The third-order valence-electron chi connectivity index (χ3n) is 8.82. The molecule has 3 aromatic carbocycles. The lowest BCUT2D eigenvalue weighted by molar-refractivity contribution is -0.152. The van der Waals surface area contributed by atoms with Crippen LogP contribution in [0.2, 0.25) is 0 Å². The van der Waals surface area contributed by atoms with Gasteiger partial charge in [-0.05, 0) is 97.9 Å². The van der Waals surface area contributed by atoms with Crippen molar-refractivity contribution >= 4 is 22.8 Å². The van der Waals surface area contributed by atoms with Gasteiger partial charge in [0.2, 0.25) is 0 Å². The summed E-state index contributed by atoms with van der Waals surface area (Å²) in [5.74, 6) is 0.104. The predicted molar refractivity (Wildman–Crippen MR) is 172 cm³/mol. The Morgan fingerprint density at radius 1 is 0.953 bits per heavy atom. The van der Waals surface area contributed by atoms with Crippen LogP contribution in [0.15, 0.2) is 66.7 Å². The lowest BCUT2D eigenvalue weighted by Gasteiger charge is -2.27. The number of carbonyl (C=O) groups excluding carboxylic acids is 1. The van der Waals surface area contributed by atoms with E-state index in [1.807, 2.05) is 30.3 Å². The third kappa shape index (κ3) is 6.79. The van der Waals surface area contributed by atoms with Crippen molar-refractivity contribution in [1.82, 2.24) is 9.88 Å². The average molecular weight is 581 g/mol. The molecular formula is C37H44N2O4. The zero-order chi connectivity index (χ0) is 30.9. The van der Waals surface area contributed by atoms with Crippen molar-refractivity contribution in [1.29, 1.82) is 0 Å². The molecular weight excluding hydrogens is 536 g/mol. The smallest absolute Gasteiger partial charge is 0.347 e. The quantitative estimate of drug-likeness (QED) is 0.200. The van der Waals surface area contributed by atoms with Gasteiger partial charge in [0.25, 0.3) is 5.91 Å². The number of nitrogens with zero attached hydrogens (tertiary/aromatic N) is 1. The second-order valence-corrected chi connectivity index (χ2v) is 13.6. The molecule has 1 heterocycles. The van der Waals surface area contributed by atoms with Gasteiger partial charge in [-0.1, -0.05) is 69.7 Å². The van der Waals surface area contributed by atoms with Crippen molar-refractivity contribution < 1.29 is 19.4 Å². The number of ether oxygens (including phenoxy) is 1. The van der Waals surface area contributed by atoms with Crippen LogP contribution in [0, 0.1) is 12.8 Å². The number of hydrogen-bond donors (Lipinski definition) is 2.